The van der Waals surface area contributed by atoms with Gasteiger partial charge in [-0.1, -0.05) is 0 Å². The maximum absolute atomic E-state index is 11.4. The number of nitrogens with two attached hydrogens (primary N) is 1. The first-order valence-corrected chi connectivity index (χ1v) is 4.42. The van der Waals surface area contributed by atoms with E-state index in [0.717, 1.165) is 0 Å². The molecule has 1 rings (SSSR count). The molecule has 1 aromatic heterocycles. The van der Waals surface area contributed by atoms with Crippen LogP contribution in [0.25, 0.3) is 0 Å². The number of hydrogen-bond acceptors (Lipinski definition) is 4. The average Bonchev–Trinajstić information content (AvgIpc) is 2.58. The fraction of sp³-hybridized carbons (Fsp3) is 0.375. The fourth-order valence-corrected chi connectivity index (χ4v) is 0.987. The van der Waals surface area contributed by atoms with Crippen molar-refractivity contribution < 1.29 is 9.59 Å². The normalized spacial score (nSPS) is 9.67. The summed E-state index contributed by atoms with van der Waals surface area (Å²) in [5.74, 6) is -0.217. The largest absolute Gasteiger partial charge is 0.383 e. The van der Waals surface area contributed by atoms with Gasteiger partial charge in [-0.25, -0.2) is 0 Å². The molecule has 0 aliphatic rings. The summed E-state index contributed by atoms with van der Waals surface area (Å²) in [6.07, 6.45) is 1.35. The highest BCUT2D eigenvalue weighted by atomic mass is 16.2. The molecule has 0 aliphatic heterocycles. The highest BCUT2D eigenvalue weighted by Gasteiger charge is 2.10. The predicted octanol–water partition coefficient (Wildman–Crippen LogP) is -1.14. The van der Waals surface area contributed by atoms with Crippen LogP contribution in [0.3, 0.4) is 0 Å². The van der Waals surface area contributed by atoms with Gasteiger partial charge in [0.1, 0.15) is 11.4 Å². The van der Waals surface area contributed by atoms with Crippen LogP contribution < -0.4 is 16.4 Å². The number of carbonyl (C=O) groups is 2. The second kappa shape index (κ2) is 4.99. The van der Waals surface area contributed by atoms with Crippen molar-refractivity contribution >= 4 is 17.6 Å². The minimum absolute atomic E-state index is 0.132. The van der Waals surface area contributed by atoms with Gasteiger partial charge in [0.15, 0.2) is 0 Å². The van der Waals surface area contributed by atoms with Gasteiger partial charge >= 0.3 is 0 Å². The average molecular weight is 211 g/mol. The van der Waals surface area contributed by atoms with E-state index in [9.17, 15) is 9.59 Å². The number of nitrogen functional groups attached to an aromatic ring is 1. The van der Waals surface area contributed by atoms with Crippen LogP contribution in [0, 0.1) is 0 Å². The molecule has 0 fully saturated rings. The molecular formula is C8H13N5O2. The second-order valence-electron chi connectivity index (χ2n) is 2.94. The monoisotopic (exact) mass is 211 g/mol. The first kappa shape index (κ1) is 11.0. The number of aromatic amines is 1. The Hall–Kier alpha value is -2.05. The van der Waals surface area contributed by atoms with E-state index >= 15 is 0 Å². The number of carbonyl (C=O) groups excluding carboxylic acids is 2. The Labute approximate surface area is 86.4 Å². The Morgan fingerprint density at radius 3 is 2.67 bits per heavy atom. The summed E-state index contributed by atoms with van der Waals surface area (Å²) in [6.45, 7) is 2.15. The lowest BCUT2D eigenvalue weighted by Crippen LogP contribution is -2.33. The Morgan fingerprint density at radius 2 is 2.13 bits per heavy atom. The zero-order chi connectivity index (χ0) is 11.3. The summed E-state index contributed by atoms with van der Waals surface area (Å²) in [6, 6.07) is 0. The molecule has 0 bridgehead atoms. The van der Waals surface area contributed by atoms with Crippen LogP contribution in [-0.4, -0.2) is 35.1 Å². The number of nitrogens with one attached hydrogen (secondary N) is 3. The summed E-state index contributed by atoms with van der Waals surface area (Å²) in [5.41, 5.74) is 5.75. The van der Waals surface area contributed by atoms with E-state index in [-0.39, 0.29) is 17.6 Å². The molecule has 0 aliphatic carbocycles. The molecule has 0 atom stereocenters. The van der Waals surface area contributed by atoms with Gasteiger partial charge in [0, 0.05) is 20.0 Å². The minimum atomic E-state index is -0.313. The fourth-order valence-electron chi connectivity index (χ4n) is 0.987. The van der Waals surface area contributed by atoms with Crippen LogP contribution in [-0.2, 0) is 4.79 Å². The molecule has 2 amide bonds. The topological polar surface area (TPSA) is 113 Å². The van der Waals surface area contributed by atoms with Crippen LogP contribution in [0.2, 0.25) is 0 Å². The smallest absolute Gasteiger partial charge is 0.256 e. The van der Waals surface area contributed by atoms with Gasteiger partial charge in [0.05, 0.1) is 6.20 Å². The van der Waals surface area contributed by atoms with Gasteiger partial charge in [-0.3, -0.25) is 14.7 Å². The molecule has 82 valence electrons. The quantitative estimate of drug-likeness (QED) is 0.471. The minimum Gasteiger partial charge on any atom is -0.383 e. The molecule has 0 spiro atoms. The van der Waals surface area contributed by atoms with E-state index in [0.29, 0.717) is 18.7 Å². The molecule has 0 saturated heterocycles. The predicted molar refractivity (Wildman–Crippen MR) is 54.0 cm³/mol. The summed E-state index contributed by atoms with van der Waals surface area (Å²) >= 11 is 0. The van der Waals surface area contributed by atoms with E-state index in [1.54, 1.807) is 0 Å². The van der Waals surface area contributed by atoms with Crippen LogP contribution in [0.15, 0.2) is 6.20 Å². The van der Waals surface area contributed by atoms with E-state index < -0.39 is 0 Å². The van der Waals surface area contributed by atoms with Crippen molar-refractivity contribution in [3.05, 3.63) is 11.8 Å². The maximum atomic E-state index is 11.4. The van der Waals surface area contributed by atoms with E-state index in [2.05, 4.69) is 20.8 Å². The third-order valence-corrected chi connectivity index (χ3v) is 1.70. The number of amides is 2. The Bertz CT molecular complexity index is 360. The molecule has 0 aromatic carbocycles. The lowest BCUT2D eigenvalue weighted by atomic mass is 10.3. The second-order valence-corrected chi connectivity index (χ2v) is 2.94. The summed E-state index contributed by atoms with van der Waals surface area (Å²) in [4.78, 5) is 21.9. The zero-order valence-corrected chi connectivity index (χ0v) is 8.33. The summed E-state index contributed by atoms with van der Waals surface area (Å²) in [5, 5.41) is 11.2. The van der Waals surface area contributed by atoms with Gasteiger partial charge in [-0.2, -0.15) is 5.10 Å². The summed E-state index contributed by atoms with van der Waals surface area (Å²) < 4.78 is 0. The van der Waals surface area contributed by atoms with Crippen LogP contribution in [0.4, 0.5) is 5.82 Å². The SMILES string of the molecule is CC(=O)NCCNC(=O)c1cn[nH]c1N. The third kappa shape index (κ3) is 3.29. The van der Waals surface area contributed by atoms with E-state index in [4.69, 9.17) is 5.73 Å². The number of rotatable bonds is 4. The van der Waals surface area contributed by atoms with Gasteiger partial charge in [-0.15, -0.1) is 0 Å². The van der Waals surface area contributed by atoms with Gasteiger partial charge in [0.25, 0.3) is 5.91 Å². The standard InChI is InChI=1S/C8H13N5O2/c1-5(14)10-2-3-11-8(15)6-4-12-13-7(6)9/h4H,2-3H2,1H3,(H,10,14)(H,11,15)(H3,9,12,13). The van der Waals surface area contributed by atoms with Crippen LogP contribution in [0.5, 0.6) is 0 Å². The number of hydrogen-bond donors (Lipinski definition) is 4. The third-order valence-electron chi connectivity index (χ3n) is 1.70. The van der Waals surface area contributed by atoms with Crippen molar-refractivity contribution in [2.24, 2.45) is 0 Å². The molecule has 7 nitrogen and oxygen atoms in total. The number of H-pyrrole nitrogens is 1. The highest BCUT2D eigenvalue weighted by molar-refractivity contribution is 5.98. The van der Waals surface area contributed by atoms with E-state index in [1.165, 1.54) is 13.1 Å². The summed E-state index contributed by atoms with van der Waals surface area (Å²) in [7, 11) is 0. The molecule has 5 N–H and O–H groups in total. The first-order valence-electron chi connectivity index (χ1n) is 4.42. The first-order chi connectivity index (χ1) is 7.11. The van der Waals surface area contributed by atoms with Crippen molar-refractivity contribution in [3.63, 3.8) is 0 Å². The number of anilines is 1. The lowest BCUT2D eigenvalue weighted by Gasteiger charge is -2.04. The molecule has 15 heavy (non-hydrogen) atoms. The molecular weight excluding hydrogens is 198 g/mol. The molecule has 0 saturated carbocycles. The lowest BCUT2D eigenvalue weighted by molar-refractivity contribution is -0.118. The maximum Gasteiger partial charge on any atom is 0.256 e. The van der Waals surface area contributed by atoms with E-state index in [1.807, 2.05) is 0 Å². The molecule has 7 heteroatoms. The van der Waals surface area contributed by atoms with Crippen LogP contribution >= 0.6 is 0 Å². The van der Waals surface area contributed by atoms with Crippen LogP contribution in [0.1, 0.15) is 17.3 Å². The Kier molecular flexibility index (Phi) is 3.67. The molecule has 1 heterocycles. The van der Waals surface area contributed by atoms with Gasteiger partial charge < -0.3 is 16.4 Å². The molecule has 0 unspecified atom stereocenters. The Morgan fingerprint density at radius 1 is 1.47 bits per heavy atom. The molecule has 0 radical (unpaired) electrons. The highest BCUT2D eigenvalue weighted by Crippen LogP contribution is 2.04. The number of nitrogens with zero attached hydrogens (tertiary/aromatic N) is 1. The van der Waals surface area contributed by atoms with Gasteiger partial charge in [-0.05, 0) is 0 Å². The Balaban J connectivity index is 2.31. The van der Waals surface area contributed by atoms with Crippen molar-refractivity contribution in [3.8, 4) is 0 Å². The van der Waals surface area contributed by atoms with Crippen molar-refractivity contribution in [1.82, 2.24) is 20.8 Å². The van der Waals surface area contributed by atoms with Crippen molar-refractivity contribution in [1.29, 1.82) is 0 Å². The van der Waals surface area contributed by atoms with Crippen molar-refractivity contribution in [2.45, 2.75) is 6.92 Å². The van der Waals surface area contributed by atoms with Crippen molar-refractivity contribution in [2.75, 3.05) is 18.8 Å². The zero-order valence-electron chi connectivity index (χ0n) is 8.33. The number of aromatic nitrogens is 2. The van der Waals surface area contributed by atoms with Gasteiger partial charge in [0.2, 0.25) is 5.91 Å². The molecule has 1 aromatic rings.